The van der Waals surface area contributed by atoms with E-state index in [9.17, 15) is 14.7 Å². The maximum atomic E-state index is 12.0. The van der Waals surface area contributed by atoms with Crippen LogP contribution in [0.25, 0.3) is 0 Å². The van der Waals surface area contributed by atoms with Crippen LogP contribution in [0.1, 0.15) is 36.2 Å². The minimum Gasteiger partial charge on any atom is -0.481 e. The summed E-state index contributed by atoms with van der Waals surface area (Å²) < 4.78 is 0. The van der Waals surface area contributed by atoms with Crippen molar-refractivity contribution in [2.75, 3.05) is 20.1 Å². The van der Waals surface area contributed by atoms with Crippen LogP contribution in [-0.2, 0) is 16.1 Å². The van der Waals surface area contributed by atoms with Gasteiger partial charge in [0.05, 0.1) is 17.2 Å². The average molecular weight is 320 g/mol. The van der Waals surface area contributed by atoms with Crippen LogP contribution in [0.5, 0.6) is 0 Å². The number of aromatic nitrogens is 2. The number of H-pyrrole nitrogens is 1. The van der Waals surface area contributed by atoms with E-state index in [2.05, 4.69) is 15.1 Å². The van der Waals surface area contributed by atoms with Crippen molar-refractivity contribution in [1.82, 2.24) is 20.0 Å². The highest BCUT2D eigenvalue weighted by Gasteiger charge is 2.55. The minimum atomic E-state index is -0.849. The first-order valence-corrected chi connectivity index (χ1v) is 8.07. The van der Waals surface area contributed by atoms with Crippen LogP contribution in [0.3, 0.4) is 0 Å². The summed E-state index contributed by atoms with van der Waals surface area (Å²) in [4.78, 5) is 27.6. The Kier molecular flexibility index (Phi) is 3.91. The fourth-order valence-electron chi connectivity index (χ4n) is 4.11. The van der Waals surface area contributed by atoms with Crippen LogP contribution in [0, 0.1) is 19.8 Å². The molecule has 0 radical (unpaired) electrons. The van der Waals surface area contributed by atoms with Crippen molar-refractivity contribution in [3.63, 3.8) is 0 Å². The molecule has 2 saturated heterocycles. The molecule has 1 atom stereocenters. The van der Waals surface area contributed by atoms with Gasteiger partial charge in [0.25, 0.3) is 0 Å². The molecule has 0 aromatic carbocycles. The van der Waals surface area contributed by atoms with E-state index >= 15 is 0 Å². The third-order valence-electron chi connectivity index (χ3n) is 5.75. The van der Waals surface area contributed by atoms with Gasteiger partial charge in [-0.3, -0.25) is 19.6 Å². The molecular formula is C16H24N4O3. The Morgan fingerprint density at radius 2 is 2.04 bits per heavy atom. The lowest BCUT2D eigenvalue weighted by molar-refractivity contribution is -0.146. The van der Waals surface area contributed by atoms with Crippen molar-refractivity contribution in [2.45, 2.75) is 45.2 Å². The van der Waals surface area contributed by atoms with Crippen molar-refractivity contribution < 1.29 is 14.7 Å². The predicted octanol–water partition coefficient (Wildman–Crippen LogP) is 0.924. The van der Waals surface area contributed by atoms with E-state index in [1.54, 1.807) is 11.9 Å². The van der Waals surface area contributed by atoms with Crippen LogP contribution < -0.4 is 0 Å². The second-order valence-corrected chi connectivity index (χ2v) is 6.84. The molecule has 7 heteroatoms. The SMILES string of the molecule is Cc1n[nH]c(C)c1CN1CCC2(CC1)[C@@H](C(=O)O)CC(=O)N2C. The van der Waals surface area contributed by atoms with Gasteiger partial charge in [0, 0.05) is 44.4 Å². The highest BCUT2D eigenvalue weighted by Crippen LogP contribution is 2.43. The largest absolute Gasteiger partial charge is 0.481 e. The summed E-state index contributed by atoms with van der Waals surface area (Å²) in [6.07, 6.45) is 1.55. The first kappa shape index (κ1) is 16.0. The van der Waals surface area contributed by atoms with Gasteiger partial charge in [0.1, 0.15) is 0 Å². The minimum absolute atomic E-state index is 0.0487. The third kappa shape index (κ3) is 2.52. The number of nitrogens with one attached hydrogen (secondary N) is 1. The molecule has 0 bridgehead atoms. The fourth-order valence-corrected chi connectivity index (χ4v) is 4.11. The molecule has 2 fully saturated rings. The van der Waals surface area contributed by atoms with Gasteiger partial charge in [-0.05, 0) is 26.7 Å². The smallest absolute Gasteiger partial charge is 0.309 e. The molecule has 2 N–H and O–H groups in total. The summed E-state index contributed by atoms with van der Waals surface area (Å²) in [5.41, 5.74) is 2.80. The number of rotatable bonds is 3. The van der Waals surface area contributed by atoms with E-state index in [0.717, 1.165) is 31.0 Å². The van der Waals surface area contributed by atoms with Gasteiger partial charge in [-0.25, -0.2) is 0 Å². The fraction of sp³-hybridized carbons (Fsp3) is 0.688. The number of aliphatic carboxylic acids is 1. The quantitative estimate of drug-likeness (QED) is 0.864. The number of carboxylic acid groups (broad SMARTS) is 1. The Labute approximate surface area is 135 Å². The monoisotopic (exact) mass is 320 g/mol. The topological polar surface area (TPSA) is 89.5 Å². The molecule has 0 aliphatic carbocycles. The van der Waals surface area contributed by atoms with E-state index < -0.39 is 17.4 Å². The van der Waals surface area contributed by atoms with Crippen LogP contribution in [0.4, 0.5) is 0 Å². The molecule has 2 aliphatic heterocycles. The molecule has 7 nitrogen and oxygen atoms in total. The molecule has 0 saturated carbocycles. The third-order valence-corrected chi connectivity index (χ3v) is 5.75. The molecule has 1 aromatic rings. The van der Waals surface area contributed by atoms with Crippen LogP contribution >= 0.6 is 0 Å². The Morgan fingerprint density at radius 3 is 2.57 bits per heavy atom. The van der Waals surface area contributed by atoms with Gasteiger partial charge in [-0.15, -0.1) is 0 Å². The van der Waals surface area contributed by atoms with E-state index in [4.69, 9.17) is 0 Å². The van der Waals surface area contributed by atoms with Crippen molar-refractivity contribution in [1.29, 1.82) is 0 Å². The lowest BCUT2D eigenvalue weighted by Crippen LogP contribution is -2.55. The Bertz CT molecular complexity index is 612. The van der Waals surface area contributed by atoms with Crippen molar-refractivity contribution in [3.8, 4) is 0 Å². The van der Waals surface area contributed by atoms with Crippen molar-refractivity contribution >= 4 is 11.9 Å². The lowest BCUT2D eigenvalue weighted by atomic mass is 9.77. The number of aromatic amines is 1. The second kappa shape index (κ2) is 5.63. The van der Waals surface area contributed by atoms with Gasteiger partial charge < -0.3 is 10.0 Å². The Morgan fingerprint density at radius 1 is 1.39 bits per heavy atom. The predicted molar refractivity (Wildman–Crippen MR) is 83.8 cm³/mol. The highest BCUT2D eigenvalue weighted by atomic mass is 16.4. The number of likely N-dealkylation sites (tertiary alicyclic amines) is 2. The first-order valence-electron chi connectivity index (χ1n) is 8.07. The zero-order valence-corrected chi connectivity index (χ0v) is 13.9. The number of nitrogens with zero attached hydrogens (tertiary/aromatic N) is 3. The molecule has 23 heavy (non-hydrogen) atoms. The zero-order valence-electron chi connectivity index (χ0n) is 13.9. The van der Waals surface area contributed by atoms with Crippen molar-refractivity contribution in [2.24, 2.45) is 5.92 Å². The van der Waals surface area contributed by atoms with Gasteiger partial charge in [-0.1, -0.05) is 0 Å². The number of carbonyl (C=O) groups excluding carboxylic acids is 1. The normalized spacial score (nSPS) is 24.6. The number of carboxylic acids is 1. The second-order valence-electron chi connectivity index (χ2n) is 6.84. The number of piperidine rings is 1. The summed E-state index contributed by atoms with van der Waals surface area (Å²) in [7, 11) is 1.76. The molecule has 1 aromatic heterocycles. The zero-order chi connectivity index (χ0) is 16.8. The average Bonchev–Trinajstić information content (AvgIpc) is 2.95. The maximum absolute atomic E-state index is 12.0. The van der Waals surface area contributed by atoms with Gasteiger partial charge >= 0.3 is 5.97 Å². The number of carbonyl (C=O) groups is 2. The number of hydrogen-bond acceptors (Lipinski definition) is 4. The molecule has 3 heterocycles. The maximum Gasteiger partial charge on any atom is 0.309 e. The molecule has 0 unspecified atom stereocenters. The standard InChI is InChI=1S/C16H24N4O3/c1-10-12(11(2)18-17-10)9-20-6-4-16(5-7-20)13(15(22)23)8-14(21)19(16)3/h13H,4-9H2,1-3H3,(H,17,18)(H,22,23)/t13-/m1/s1. The number of hydrogen-bond donors (Lipinski definition) is 2. The Balaban J connectivity index is 1.72. The highest BCUT2D eigenvalue weighted by molar-refractivity contribution is 5.88. The molecule has 3 rings (SSSR count). The summed E-state index contributed by atoms with van der Waals surface area (Å²) in [5, 5.41) is 16.7. The van der Waals surface area contributed by atoms with Gasteiger partial charge in [0.15, 0.2) is 0 Å². The van der Waals surface area contributed by atoms with E-state index in [-0.39, 0.29) is 12.3 Å². The summed E-state index contributed by atoms with van der Waals surface area (Å²) >= 11 is 0. The van der Waals surface area contributed by atoms with Crippen LogP contribution in [0.15, 0.2) is 0 Å². The molecule has 126 valence electrons. The first-order chi connectivity index (χ1) is 10.8. The molecule has 2 aliphatic rings. The number of aryl methyl sites for hydroxylation is 2. The summed E-state index contributed by atoms with van der Waals surface area (Å²) in [5.74, 6) is -1.48. The number of amides is 1. The van der Waals surface area contributed by atoms with E-state index in [0.29, 0.717) is 12.8 Å². The summed E-state index contributed by atoms with van der Waals surface area (Å²) in [6.45, 7) is 6.43. The van der Waals surface area contributed by atoms with Crippen LogP contribution in [0.2, 0.25) is 0 Å². The van der Waals surface area contributed by atoms with Gasteiger partial charge in [0.2, 0.25) is 5.91 Å². The molecule has 1 spiro atoms. The summed E-state index contributed by atoms with van der Waals surface area (Å²) in [6, 6.07) is 0. The molecular weight excluding hydrogens is 296 g/mol. The van der Waals surface area contributed by atoms with Crippen molar-refractivity contribution in [3.05, 3.63) is 17.0 Å². The van der Waals surface area contributed by atoms with Crippen LogP contribution in [-0.4, -0.2) is 62.7 Å². The molecule has 1 amide bonds. The van der Waals surface area contributed by atoms with E-state index in [1.807, 2.05) is 13.8 Å². The lowest BCUT2D eigenvalue weighted by Gasteiger charge is -2.45. The van der Waals surface area contributed by atoms with Gasteiger partial charge in [-0.2, -0.15) is 5.10 Å². The Hall–Kier alpha value is -1.89. The van der Waals surface area contributed by atoms with E-state index in [1.165, 1.54) is 5.56 Å².